The molecule has 2 N–H and O–H groups in total. The fraction of sp³-hybridized carbons (Fsp3) is 0.417. The zero-order valence-electron chi connectivity index (χ0n) is 11.4. The quantitative estimate of drug-likeness (QED) is 0.714. The van der Waals surface area contributed by atoms with Gasteiger partial charge in [-0.3, -0.25) is 4.79 Å². The molecular weight excluding hydrogens is 249 g/mol. The maximum atomic E-state index is 11.1. The van der Waals surface area contributed by atoms with Crippen molar-refractivity contribution in [3.05, 3.63) is 34.9 Å². The Labute approximate surface area is 130 Å². The molecular formula is C12H17ClNNaO2. The SMILES string of the molecule is CC(C)NC[C@@H](C(=O)O)c1ccc(Cl)cc1.[H-].[Na+]. The third-order valence-electron chi connectivity index (χ3n) is 2.30. The summed E-state index contributed by atoms with van der Waals surface area (Å²) in [5.41, 5.74) is 0.769. The summed E-state index contributed by atoms with van der Waals surface area (Å²) in [6.07, 6.45) is 0. The van der Waals surface area contributed by atoms with Crippen LogP contribution in [0.25, 0.3) is 0 Å². The van der Waals surface area contributed by atoms with Crippen LogP contribution in [0, 0.1) is 0 Å². The van der Waals surface area contributed by atoms with Gasteiger partial charge in [0.05, 0.1) is 5.92 Å². The van der Waals surface area contributed by atoms with Crippen molar-refractivity contribution < 1.29 is 40.9 Å². The standard InChI is InChI=1S/C12H16ClNO2.Na.H/c1-8(2)14-7-11(12(15)16)9-3-5-10(13)6-4-9;;/h3-6,8,11,14H,7H2,1-2H3,(H,15,16);;/q;+1;-1/t11-;;/m1../s1. The number of halogens is 1. The fourth-order valence-electron chi connectivity index (χ4n) is 1.40. The first-order valence-corrected chi connectivity index (χ1v) is 5.60. The second-order valence-electron chi connectivity index (χ2n) is 4.01. The Kier molecular flexibility index (Phi) is 8.09. The smallest absolute Gasteiger partial charge is 1.00 e. The van der Waals surface area contributed by atoms with Crippen LogP contribution >= 0.6 is 11.6 Å². The van der Waals surface area contributed by atoms with Crippen LogP contribution in [0.5, 0.6) is 0 Å². The molecule has 1 aromatic carbocycles. The van der Waals surface area contributed by atoms with Crippen molar-refractivity contribution in [3.8, 4) is 0 Å². The van der Waals surface area contributed by atoms with E-state index in [-0.39, 0.29) is 37.0 Å². The number of carboxylic acids is 1. The van der Waals surface area contributed by atoms with Crippen molar-refractivity contribution in [1.29, 1.82) is 0 Å². The molecule has 0 amide bonds. The van der Waals surface area contributed by atoms with Gasteiger partial charge in [-0.25, -0.2) is 0 Å². The summed E-state index contributed by atoms with van der Waals surface area (Å²) < 4.78 is 0. The van der Waals surface area contributed by atoms with E-state index >= 15 is 0 Å². The summed E-state index contributed by atoms with van der Waals surface area (Å²) in [7, 11) is 0. The molecule has 0 unspecified atom stereocenters. The van der Waals surface area contributed by atoms with Crippen LogP contribution in [-0.2, 0) is 4.79 Å². The van der Waals surface area contributed by atoms with Crippen LogP contribution in [0.3, 0.4) is 0 Å². The number of rotatable bonds is 5. The van der Waals surface area contributed by atoms with Crippen LogP contribution in [0.15, 0.2) is 24.3 Å². The molecule has 0 heterocycles. The molecule has 0 aliphatic carbocycles. The van der Waals surface area contributed by atoms with Crippen LogP contribution in [0.2, 0.25) is 5.02 Å². The topological polar surface area (TPSA) is 49.3 Å². The Hall–Kier alpha value is -0.0600. The molecule has 90 valence electrons. The zero-order chi connectivity index (χ0) is 12.1. The number of carbonyl (C=O) groups is 1. The summed E-state index contributed by atoms with van der Waals surface area (Å²) in [5, 5.41) is 12.9. The van der Waals surface area contributed by atoms with E-state index in [4.69, 9.17) is 16.7 Å². The van der Waals surface area contributed by atoms with Gasteiger partial charge in [0.2, 0.25) is 0 Å². The molecule has 1 aromatic rings. The third kappa shape index (κ3) is 5.89. The van der Waals surface area contributed by atoms with Crippen molar-refractivity contribution in [2.75, 3.05) is 6.54 Å². The number of carboxylic acid groups (broad SMARTS) is 1. The first-order chi connectivity index (χ1) is 7.50. The van der Waals surface area contributed by atoms with Gasteiger partial charge < -0.3 is 11.8 Å². The maximum Gasteiger partial charge on any atom is 1.00 e. The van der Waals surface area contributed by atoms with E-state index in [1.165, 1.54) is 0 Å². The first-order valence-electron chi connectivity index (χ1n) is 5.22. The molecule has 0 aliphatic heterocycles. The summed E-state index contributed by atoms with van der Waals surface area (Å²) >= 11 is 5.76. The van der Waals surface area contributed by atoms with Crippen molar-refractivity contribution >= 4 is 17.6 Å². The molecule has 0 fully saturated rings. The van der Waals surface area contributed by atoms with Crippen molar-refractivity contribution in [2.24, 2.45) is 0 Å². The van der Waals surface area contributed by atoms with Crippen LogP contribution < -0.4 is 34.9 Å². The number of nitrogens with one attached hydrogen (secondary N) is 1. The number of hydrogen-bond donors (Lipinski definition) is 2. The molecule has 5 heteroatoms. The van der Waals surface area contributed by atoms with Gasteiger partial charge in [-0.2, -0.15) is 0 Å². The molecule has 3 nitrogen and oxygen atoms in total. The summed E-state index contributed by atoms with van der Waals surface area (Å²) in [6.45, 7) is 4.40. The first kappa shape index (κ1) is 16.9. The van der Waals surface area contributed by atoms with Crippen molar-refractivity contribution in [3.63, 3.8) is 0 Å². The molecule has 1 rings (SSSR count). The van der Waals surface area contributed by atoms with Gasteiger partial charge in [-0.05, 0) is 17.7 Å². The van der Waals surface area contributed by atoms with Gasteiger partial charge in [-0.15, -0.1) is 0 Å². The molecule has 0 aromatic heterocycles. The molecule has 17 heavy (non-hydrogen) atoms. The summed E-state index contributed by atoms with van der Waals surface area (Å²) in [6, 6.07) is 7.20. The van der Waals surface area contributed by atoms with Gasteiger partial charge >= 0.3 is 35.5 Å². The van der Waals surface area contributed by atoms with E-state index in [0.717, 1.165) is 5.56 Å². The van der Waals surface area contributed by atoms with Gasteiger partial charge in [0, 0.05) is 17.6 Å². The average molecular weight is 266 g/mol. The minimum absolute atomic E-state index is 0. The average Bonchev–Trinajstić information content (AvgIpc) is 2.20. The second-order valence-corrected chi connectivity index (χ2v) is 4.44. The largest absolute Gasteiger partial charge is 1.00 e. The van der Waals surface area contributed by atoms with Crippen LogP contribution in [0.1, 0.15) is 26.8 Å². The minimum atomic E-state index is -0.824. The molecule has 0 aliphatic rings. The Morgan fingerprint density at radius 3 is 2.35 bits per heavy atom. The Balaban J connectivity index is 0. The van der Waals surface area contributed by atoms with Gasteiger partial charge in [0.15, 0.2) is 0 Å². The Morgan fingerprint density at radius 2 is 1.94 bits per heavy atom. The Bertz CT molecular complexity index is 360. The van der Waals surface area contributed by atoms with E-state index < -0.39 is 11.9 Å². The minimum Gasteiger partial charge on any atom is -1.00 e. The van der Waals surface area contributed by atoms with Gasteiger partial charge in [-0.1, -0.05) is 37.6 Å². The monoisotopic (exact) mass is 265 g/mol. The fourth-order valence-corrected chi connectivity index (χ4v) is 1.52. The number of aliphatic carboxylic acids is 1. The predicted octanol–water partition coefficient (Wildman–Crippen LogP) is -0.377. The Morgan fingerprint density at radius 1 is 1.41 bits per heavy atom. The van der Waals surface area contributed by atoms with Crippen LogP contribution in [-0.4, -0.2) is 23.7 Å². The van der Waals surface area contributed by atoms with E-state index in [9.17, 15) is 4.79 Å². The zero-order valence-corrected chi connectivity index (χ0v) is 13.2. The van der Waals surface area contributed by atoms with Gasteiger partial charge in [0.25, 0.3) is 0 Å². The third-order valence-corrected chi connectivity index (χ3v) is 2.55. The van der Waals surface area contributed by atoms with E-state index in [1.807, 2.05) is 13.8 Å². The molecule has 0 bridgehead atoms. The molecule has 0 saturated carbocycles. The summed E-state index contributed by atoms with van der Waals surface area (Å²) in [4.78, 5) is 11.1. The number of benzene rings is 1. The molecule has 0 spiro atoms. The van der Waals surface area contributed by atoms with E-state index in [1.54, 1.807) is 24.3 Å². The molecule has 0 saturated heterocycles. The number of hydrogen-bond acceptors (Lipinski definition) is 2. The predicted molar refractivity (Wildman–Crippen MR) is 66.1 cm³/mol. The van der Waals surface area contributed by atoms with Crippen LogP contribution in [0.4, 0.5) is 0 Å². The maximum absolute atomic E-state index is 11.1. The molecule has 0 radical (unpaired) electrons. The van der Waals surface area contributed by atoms with Gasteiger partial charge in [0.1, 0.15) is 0 Å². The van der Waals surface area contributed by atoms with E-state index in [2.05, 4.69) is 5.32 Å². The normalized spacial score (nSPS) is 12.0. The van der Waals surface area contributed by atoms with Crippen molar-refractivity contribution in [2.45, 2.75) is 25.8 Å². The van der Waals surface area contributed by atoms with Crippen molar-refractivity contribution in [1.82, 2.24) is 5.32 Å². The molecule has 1 atom stereocenters. The summed E-state index contributed by atoms with van der Waals surface area (Å²) in [5.74, 6) is -1.35. The second kappa shape index (κ2) is 8.11. The van der Waals surface area contributed by atoms with E-state index in [0.29, 0.717) is 11.6 Å².